The van der Waals surface area contributed by atoms with Crippen LogP contribution in [-0.4, -0.2) is 18.3 Å². The van der Waals surface area contributed by atoms with Crippen molar-refractivity contribution in [3.8, 4) is 11.8 Å². The van der Waals surface area contributed by atoms with E-state index in [9.17, 15) is 22.7 Å². The van der Waals surface area contributed by atoms with Crippen molar-refractivity contribution in [3.63, 3.8) is 0 Å². The molecule has 1 N–H and O–H groups in total. The molecule has 0 radical (unpaired) electrons. The second kappa shape index (κ2) is 16.4. The van der Waals surface area contributed by atoms with Gasteiger partial charge in [0, 0.05) is 5.92 Å². The molecule has 1 aliphatic carbocycles. The average Bonchev–Trinajstić information content (AvgIpc) is 2.85. The molecule has 5 unspecified atom stereocenters. The van der Waals surface area contributed by atoms with E-state index < -0.39 is 35.3 Å². The summed E-state index contributed by atoms with van der Waals surface area (Å²) in [5.41, 5.74) is 0.984. The van der Waals surface area contributed by atoms with Gasteiger partial charge in [0.1, 0.15) is 5.76 Å². The molecule has 1 aliphatic rings. The van der Waals surface area contributed by atoms with Crippen LogP contribution < -0.4 is 0 Å². The highest BCUT2D eigenvalue weighted by Crippen LogP contribution is 2.41. The van der Waals surface area contributed by atoms with E-state index in [-0.39, 0.29) is 23.5 Å². The molecule has 0 spiro atoms. The van der Waals surface area contributed by atoms with Crippen molar-refractivity contribution < 1.29 is 27.4 Å². The number of methoxy groups -OCH3 is 1. The molecule has 1 rings (SSSR count). The molecular weight excluding hydrogens is 456 g/mol. The number of ether oxygens (including phenoxy) is 1. The number of aliphatic hydroxyl groups excluding tert-OH is 1. The summed E-state index contributed by atoms with van der Waals surface area (Å²) in [6.07, 6.45) is 2.91. The Kier molecular flexibility index (Phi) is 15.4. The van der Waals surface area contributed by atoms with Crippen LogP contribution in [0.1, 0.15) is 73.1 Å². The van der Waals surface area contributed by atoms with E-state index in [4.69, 9.17) is 0 Å². The minimum Gasteiger partial charge on any atom is -0.494 e. The molecule has 198 valence electrons. The van der Waals surface area contributed by atoms with Gasteiger partial charge in [-0.05, 0) is 75.4 Å². The second-order valence-corrected chi connectivity index (χ2v) is 9.18. The molecule has 0 amide bonds. The van der Waals surface area contributed by atoms with Crippen molar-refractivity contribution in [2.24, 2.45) is 23.7 Å². The lowest BCUT2D eigenvalue weighted by Crippen LogP contribution is -2.14. The van der Waals surface area contributed by atoms with Gasteiger partial charge in [0.15, 0.2) is 23.3 Å². The van der Waals surface area contributed by atoms with Gasteiger partial charge >= 0.3 is 0 Å². The van der Waals surface area contributed by atoms with Gasteiger partial charge in [0.05, 0.1) is 19.1 Å². The molecule has 0 aliphatic heterocycles. The van der Waals surface area contributed by atoms with Crippen molar-refractivity contribution in [2.75, 3.05) is 7.11 Å². The SMILES string of the molecule is C=C.C=C(OC)/C(F)=C(/F)C(C)C#CC(C)CCC(C)C1=C(F)C(F)=C(C(C)CCC(C)O)CC1. The van der Waals surface area contributed by atoms with Gasteiger partial charge in [-0.25, -0.2) is 13.2 Å². The molecule has 0 bridgehead atoms. The Morgan fingerprint density at radius 1 is 0.886 bits per heavy atom. The van der Waals surface area contributed by atoms with Crippen molar-refractivity contribution in [1.29, 1.82) is 0 Å². The molecule has 2 nitrogen and oxygen atoms in total. The normalized spacial score (nSPS) is 18.7. The lowest BCUT2D eigenvalue weighted by molar-refractivity contribution is 0.176. The fraction of sp³-hybridized carbons (Fsp3) is 0.586. The number of rotatable bonds is 11. The standard InChI is InChI=1S/C27H38F4O2.C2H4/c1-16(9-11-19(4)24(28)25(29)21(6)33-7)8-10-17(2)22-14-15-23(27(31)26(22)30)18(3)12-13-20(5)32;1-2/h16-20,32H,6,8,10,12-15H2,1-5,7H3;1-2H2/b25-24-;. The first-order valence-electron chi connectivity index (χ1n) is 12.2. The van der Waals surface area contributed by atoms with Crippen molar-refractivity contribution in [3.05, 3.63) is 59.9 Å². The summed E-state index contributed by atoms with van der Waals surface area (Å²) < 4.78 is 62.0. The highest BCUT2D eigenvalue weighted by molar-refractivity contribution is 5.36. The van der Waals surface area contributed by atoms with Crippen LogP contribution in [0.5, 0.6) is 0 Å². The summed E-state index contributed by atoms with van der Waals surface area (Å²) >= 11 is 0. The number of hydrogen-bond donors (Lipinski definition) is 1. The Bertz CT molecular complexity index is 858. The maximum Gasteiger partial charge on any atom is 0.197 e. The molecule has 0 aromatic carbocycles. The van der Waals surface area contributed by atoms with Gasteiger partial charge in [-0.1, -0.05) is 39.2 Å². The Morgan fingerprint density at radius 2 is 1.34 bits per heavy atom. The van der Waals surface area contributed by atoms with Crippen LogP contribution in [0.4, 0.5) is 17.6 Å². The molecule has 0 saturated carbocycles. The summed E-state index contributed by atoms with van der Waals surface area (Å²) in [6.45, 7) is 18.0. The zero-order chi connectivity index (χ0) is 27.3. The summed E-state index contributed by atoms with van der Waals surface area (Å²) in [4.78, 5) is 0. The van der Waals surface area contributed by atoms with E-state index in [0.717, 1.165) is 0 Å². The zero-order valence-corrected chi connectivity index (χ0v) is 22.1. The smallest absolute Gasteiger partial charge is 0.197 e. The predicted octanol–water partition coefficient (Wildman–Crippen LogP) is 8.83. The van der Waals surface area contributed by atoms with E-state index in [0.29, 0.717) is 49.7 Å². The van der Waals surface area contributed by atoms with E-state index in [1.807, 2.05) is 20.8 Å². The third-order valence-corrected chi connectivity index (χ3v) is 6.29. The number of halogens is 4. The maximum atomic E-state index is 14.8. The van der Waals surface area contributed by atoms with Gasteiger partial charge in [-0.15, -0.1) is 13.2 Å². The summed E-state index contributed by atoms with van der Waals surface area (Å²) in [6, 6.07) is 0. The van der Waals surface area contributed by atoms with E-state index in [2.05, 4.69) is 36.3 Å². The third kappa shape index (κ3) is 10.5. The van der Waals surface area contributed by atoms with Crippen LogP contribution in [-0.2, 0) is 4.74 Å². The zero-order valence-electron chi connectivity index (χ0n) is 22.1. The van der Waals surface area contributed by atoms with Crippen LogP contribution in [0.15, 0.2) is 59.9 Å². The predicted molar refractivity (Wildman–Crippen MR) is 137 cm³/mol. The molecule has 0 fully saturated rings. The molecule has 6 heteroatoms. The van der Waals surface area contributed by atoms with Crippen LogP contribution in [0.2, 0.25) is 0 Å². The minimum absolute atomic E-state index is 0.111. The van der Waals surface area contributed by atoms with Crippen LogP contribution in [0.3, 0.4) is 0 Å². The van der Waals surface area contributed by atoms with Crippen molar-refractivity contribution >= 4 is 0 Å². The van der Waals surface area contributed by atoms with Crippen LogP contribution in [0.25, 0.3) is 0 Å². The lowest BCUT2D eigenvalue weighted by Gasteiger charge is -2.26. The highest BCUT2D eigenvalue weighted by atomic mass is 19.2. The summed E-state index contributed by atoms with van der Waals surface area (Å²) in [7, 11) is 1.21. The number of hydrogen-bond acceptors (Lipinski definition) is 2. The Morgan fingerprint density at radius 3 is 1.77 bits per heavy atom. The molecule has 5 atom stereocenters. The summed E-state index contributed by atoms with van der Waals surface area (Å²) in [5, 5.41) is 9.44. The minimum atomic E-state index is -1.14. The first-order chi connectivity index (χ1) is 16.4. The number of allylic oxidation sites excluding steroid dienone is 6. The maximum absolute atomic E-state index is 14.8. The Balaban J connectivity index is 0.00000562. The van der Waals surface area contributed by atoms with Gasteiger partial charge in [-0.3, -0.25) is 0 Å². The topological polar surface area (TPSA) is 29.5 Å². The van der Waals surface area contributed by atoms with E-state index >= 15 is 0 Å². The van der Waals surface area contributed by atoms with E-state index in [1.165, 1.54) is 14.0 Å². The van der Waals surface area contributed by atoms with E-state index in [1.54, 1.807) is 6.92 Å². The fourth-order valence-corrected chi connectivity index (χ4v) is 3.85. The first kappa shape index (κ1) is 32.7. The molecule has 0 saturated heterocycles. The first-order valence-corrected chi connectivity index (χ1v) is 12.2. The molecule has 0 aromatic rings. The fourth-order valence-electron chi connectivity index (χ4n) is 3.85. The highest BCUT2D eigenvalue weighted by Gasteiger charge is 2.28. The average molecular weight is 499 g/mol. The molecule has 0 aromatic heterocycles. The molecular formula is C29H42F4O2. The summed E-state index contributed by atoms with van der Waals surface area (Å²) in [5.74, 6) is 0.278. The Labute approximate surface area is 209 Å². The van der Waals surface area contributed by atoms with Gasteiger partial charge < -0.3 is 9.84 Å². The third-order valence-electron chi connectivity index (χ3n) is 6.29. The van der Waals surface area contributed by atoms with Gasteiger partial charge in [0.2, 0.25) is 0 Å². The quantitative estimate of drug-likeness (QED) is 0.101. The monoisotopic (exact) mass is 498 g/mol. The van der Waals surface area contributed by atoms with Crippen LogP contribution >= 0.6 is 0 Å². The Hall–Kier alpha value is -2.26. The lowest BCUT2D eigenvalue weighted by atomic mass is 9.81. The van der Waals surface area contributed by atoms with Crippen molar-refractivity contribution in [2.45, 2.75) is 79.2 Å². The van der Waals surface area contributed by atoms with Crippen LogP contribution in [0, 0.1) is 35.5 Å². The van der Waals surface area contributed by atoms with Gasteiger partial charge in [-0.2, -0.15) is 4.39 Å². The van der Waals surface area contributed by atoms with Crippen molar-refractivity contribution in [1.82, 2.24) is 0 Å². The number of aliphatic hydroxyl groups is 1. The van der Waals surface area contributed by atoms with Gasteiger partial charge in [0.25, 0.3) is 0 Å². The molecule has 35 heavy (non-hydrogen) atoms. The molecule has 0 heterocycles. The second-order valence-electron chi connectivity index (χ2n) is 9.18. The largest absolute Gasteiger partial charge is 0.494 e.